The molecule has 0 spiro atoms. The van der Waals surface area contributed by atoms with E-state index in [4.69, 9.17) is 0 Å². The van der Waals surface area contributed by atoms with Crippen molar-refractivity contribution in [3.63, 3.8) is 0 Å². The van der Waals surface area contributed by atoms with Crippen LogP contribution in [0.4, 0.5) is 5.69 Å². The van der Waals surface area contributed by atoms with Crippen LogP contribution in [0.3, 0.4) is 0 Å². The molecule has 0 radical (unpaired) electrons. The predicted molar refractivity (Wildman–Crippen MR) is 98.3 cm³/mol. The zero-order valence-electron chi connectivity index (χ0n) is 14.9. The number of fused-ring (bicyclic) bond motifs is 3. The van der Waals surface area contributed by atoms with Crippen LogP contribution in [-0.2, 0) is 14.4 Å². The summed E-state index contributed by atoms with van der Waals surface area (Å²) in [6.07, 6.45) is 0.374. The van der Waals surface area contributed by atoms with Gasteiger partial charge >= 0.3 is 0 Å². The van der Waals surface area contributed by atoms with E-state index in [9.17, 15) is 14.4 Å². The molecule has 5 rings (SSSR count). The monoisotopic (exact) mass is 361 g/mol. The van der Waals surface area contributed by atoms with Crippen molar-refractivity contribution in [3.8, 4) is 0 Å². The largest absolute Gasteiger partial charge is 0.274 e. The molecule has 6 heteroatoms. The highest BCUT2D eigenvalue weighted by Gasteiger charge is 2.64. The lowest BCUT2D eigenvalue weighted by atomic mass is 9.90. The fourth-order valence-corrected chi connectivity index (χ4v) is 4.57. The number of imide groups is 1. The van der Waals surface area contributed by atoms with Crippen LogP contribution in [0.25, 0.3) is 0 Å². The second-order valence-corrected chi connectivity index (χ2v) is 7.32. The first kappa shape index (κ1) is 16.2. The van der Waals surface area contributed by atoms with Gasteiger partial charge in [0.15, 0.2) is 0 Å². The van der Waals surface area contributed by atoms with Gasteiger partial charge in [-0.3, -0.25) is 19.4 Å². The summed E-state index contributed by atoms with van der Waals surface area (Å²) in [5, 5.41) is 3.45. The molecule has 0 saturated carbocycles. The van der Waals surface area contributed by atoms with Gasteiger partial charge in [-0.05, 0) is 24.6 Å². The molecule has 6 nitrogen and oxygen atoms in total. The minimum atomic E-state index is -0.751. The maximum atomic E-state index is 13.3. The Kier molecular flexibility index (Phi) is 3.45. The first-order valence-corrected chi connectivity index (χ1v) is 9.16. The molecule has 3 aliphatic heterocycles. The number of hydrazine groups is 1. The minimum Gasteiger partial charge on any atom is -0.274 e. The van der Waals surface area contributed by atoms with Crippen molar-refractivity contribution in [2.24, 2.45) is 5.92 Å². The Morgan fingerprint density at radius 1 is 0.852 bits per heavy atom. The Morgan fingerprint density at radius 3 is 2.26 bits per heavy atom. The van der Waals surface area contributed by atoms with Gasteiger partial charge in [0.25, 0.3) is 5.91 Å². The van der Waals surface area contributed by atoms with Crippen LogP contribution in [0, 0.1) is 12.8 Å². The Morgan fingerprint density at radius 2 is 1.56 bits per heavy atom. The summed E-state index contributed by atoms with van der Waals surface area (Å²) in [5.41, 5.74) is 2.58. The fraction of sp³-hybridized carbons (Fsp3) is 0.286. The summed E-state index contributed by atoms with van der Waals surface area (Å²) in [4.78, 5) is 40.4. The smallest absolute Gasteiger partial charge is 0.259 e. The average molecular weight is 361 g/mol. The lowest BCUT2D eigenvalue weighted by Gasteiger charge is -2.29. The Hall–Kier alpha value is -2.99. The summed E-state index contributed by atoms with van der Waals surface area (Å²) in [6.45, 7) is 2.49. The molecule has 27 heavy (non-hydrogen) atoms. The second-order valence-electron chi connectivity index (χ2n) is 7.32. The van der Waals surface area contributed by atoms with Gasteiger partial charge in [0.1, 0.15) is 6.04 Å². The van der Waals surface area contributed by atoms with Gasteiger partial charge in [-0.1, -0.05) is 48.0 Å². The average Bonchev–Trinajstić information content (AvgIpc) is 3.28. The molecule has 136 valence electrons. The summed E-state index contributed by atoms with van der Waals surface area (Å²) in [6, 6.07) is 16.0. The molecule has 0 aliphatic carbocycles. The molecule has 3 heterocycles. The molecule has 2 aromatic rings. The number of benzene rings is 2. The van der Waals surface area contributed by atoms with Gasteiger partial charge in [0.2, 0.25) is 11.8 Å². The van der Waals surface area contributed by atoms with Crippen molar-refractivity contribution >= 4 is 23.4 Å². The Bertz CT molecular complexity index is 941. The van der Waals surface area contributed by atoms with E-state index in [0.29, 0.717) is 18.7 Å². The number of anilines is 1. The molecule has 0 unspecified atom stereocenters. The van der Waals surface area contributed by atoms with E-state index in [-0.39, 0.29) is 23.8 Å². The standard InChI is InChI=1S/C21H19N3O3/c1-13-7-9-15(10-8-13)23-20(26)17-18(14-5-3-2-4-6-14)22-12-11-16(25)24(22)19(17)21(23)27/h2-10,17-19H,11-12H2,1H3/t17-,18+,19+/m0/s1. The van der Waals surface area contributed by atoms with Gasteiger partial charge in [-0.25, -0.2) is 9.91 Å². The first-order valence-electron chi connectivity index (χ1n) is 9.16. The predicted octanol–water partition coefficient (Wildman–Crippen LogP) is 2.06. The maximum Gasteiger partial charge on any atom is 0.259 e. The third-order valence-electron chi connectivity index (χ3n) is 5.76. The summed E-state index contributed by atoms with van der Waals surface area (Å²) in [7, 11) is 0. The summed E-state index contributed by atoms with van der Waals surface area (Å²) >= 11 is 0. The zero-order chi connectivity index (χ0) is 18.7. The van der Waals surface area contributed by atoms with Crippen LogP contribution in [0.5, 0.6) is 0 Å². The lowest BCUT2D eigenvalue weighted by Crippen LogP contribution is -2.45. The van der Waals surface area contributed by atoms with E-state index in [1.54, 1.807) is 12.1 Å². The van der Waals surface area contributed by atoms with Crippen molar-refractivity contribution in [2.75, 3.05) is 11.4 Å². The number of rotatable bonds is 2. The van der Waals surface area contributed by atoms with Crippen LogP contribution >= 0.6 is 0 Å². The van der Waals surface area contributed by atoms with Crippen molar-refractivity contribution < 1.29 is 14.4 Å². The molecular weight excluding hydrogens is 342 g/mol. The van der Waals surface area contributed by atoms with E-state index in [0.717, 1.165) is 11.1 Å². The molecule has 3 atom stereocenters. The summed E-state index contributed by atoms with van der Waals surface area (Å²) < 4.78 is 0. The van der Waals surface area contributed by atoms with Gasteiger partial charge in [0, 0.05) is 13.0 Å². The lowest BCUT2D eigenvalue weighted by molar-refractivity contribution is -0.143. The fourth-order valence-electron chi connectivity index (χ4n) is 4.57. The quantitative estimate of drug-likeness (QED) is 0.768. The second kappa shape index (κ2) is 5.76. The zero-order valence-corrected chi connectivity index (χ0v) is 14.9. The Balaban J connectivity index is 1.61. The molecular formula is C21H19N3O3. The van der Waals surface area contributed by atoms with E-state index in [1.807, 2.05) is 54.4 Å². The Labute approximate surface area is 156 Å². The third kappa shape index (κ3) is 2.20. The van der Waals surface area contributed by atoms with Crippen LogP contribution in [0.1, 0.15) is 23.6 Å². The highest BCUT2D eigenvalue weighted by atomic mass is 16.2. The maximum absolute atomic E-state index is 13.3. The van der Waals surface area contributed by atoms with E-state index >= 15 is 0 Å². The van der Waals surface area contributed by atoms with Crippen molar-refractivity contribution in [1.82, 2.24) is 10.0 Å². The molecule has 0 N–H and O–H groups in total. The summed E-state index contributed by atoms with van der Waals surface area (Å²) in [5.74, 6) is -1.21. The molecule has 3 amide bonds. The minimum absolute atomic E-state index is 0.0877. The molecule has 3 saturated heterocycles. The number of nitrogens with zero attached hydrogens (tertiary/aromatic N) is 3. The highest BCUT2D eigenvalue weighted by molar-refractivity contribution is 6.24. The number of hydrogen-bond donors (Lipinski definition) is 0. The number of aryl methyl sites for hydroxylation is 1. The van der Waals surface area contributed by atoms with Crippen LogP contribution in [0.15, 0.2) is 54.6 Å². The number of amides is 3. The molecule has 0 bridgehead atoms. The topological polar surface area (TPSA) is 60.9 Å². The van der Waals surface area contributed by atoms with Crippen LogP contribution < -0.4 is 4.90 Å². The molecule has 0 aromatic heterocycles. The SMILES string of the molecule is Cc1ccc(N2C(=O)[C@H]3[C@@H](c4ccccc4)N4CCC(=O)N4[C@H]3C2=O)cc1. The first-order chi connectivity index (χ1) is 13.1. The van der Waals surface area contributed by atoms with Crippen LogP contribution in [-0.4, -0.2) is 40.3 Å². The molecule has 3 fully saturated rings. The van der Waals surface area contributed by atoms with Gasteiger partial charge < -0.3 is 0 Å². The van der Waals surface area contributed by atoms with E-state index < -0.39 is 12.0 Å². The van der Waals surface area contributed by atoms with Crippen molar-refractivity contribution in [3.05, 3.63) is 65.7 Å². The van der Waals surface area contributed by atoms with Gasteiger partial charge in [0.05, 0.1) is 17.6 Å². The molecule has 3 aliphatic rings. The van der Waals surface area contributed by atoms with Crippen molar-refractivity contribution in [2.45, 2.75) is 25.4 Å². The van der Waals surface area contributed by atoms with Gasteiger partial charge in [-0.15, -0.1) is 0 Å². The highest BCUT2D eigenvalue weighted by Crippen LogP contribution is 2.49. The van der Waals surface area contributed by atoms with Crippen molar-refractivity contribution in [1.29, 1.82) is 0 Å². The third-order valence-corrected chi connectivity index (χ3v) is 5.76. The normalized spacial score (nSPS) is 27.4. The molecule has 2 aromatic carbocycles. The van der Waals surface area contributed by atoms with Gasteiger partial charge in [-0.2, -0.15) is 0 Å². The van der Waals surface area contributed by atoms with Crippen LogP contribution in [0.2, 0.25) is 0 Å². The number of carbonyl (C=O) groups excluding carboxylic acids is 3. The number of hydrogen-bond acceptors (Lipinski definition) is 4. The van der Waals surface area contributed by atoms with E-state index in [2.05, 4.69) is 0 Å². The number of carbonyl (C=O) groups is 3. The van der Waals surface area contributed by atoms with E-state index in [1.165, 1.54) is 9.91 Å².